The Morgan fingerprint density at radius 2 is 1.64 bits per heavy atom. The maximum atomic E-state index is 9.31. The lowest BCUT2D eigenvalue weighted by atomic mass is 10.1. The molecule has 0 spiro atoms. The molecule has 0 amide bonds. The molecular weight excluding hydrogens is 198 g/mol. The lowest BCUT2D eigenvalue weighted by molar-refractivity contribution is 0.150. The quantitative estimate of drug-likeness (QED) is 0.311. The van der Waals surface area contributed by atoms with E-state index < -0.39 is 8.80 Å². The summed E-state index contributed by atoms with van der Waals surface area (Å²) in [5.74, 6) is 0. The zero-order chi connectivity index (χ0) is 10.9. The van der Waals surface area contributed by atoms with Crippen molar-refractivity contribution in [3.63, 3.8) is 0 Å². The molecule has 0 radical (unpaired) electrons. The van der Waals surface area contributed by atoms with Crippen molar-refractivity contribution in [1.82, 2.24) is 0 Å². The van der Waals surface area contributed by atoms with Crippen molar-refractivity contribution in [1.29, 1.82) is 0 Å². The molecule has 0 unspecified atom stereocenters. The van der Waals surface area contributed by atoms with Crippen molar-refractivity contribution in [2.24, 2.45) is 5.73 Å². The molecule has 4 N–H and O–H groups in total. The van der Waals surface area contributed by atoms with Crippen molar-refractivity contribution in [2.45, 2.75) is 51.5 Å². The third kappa shape index (κ3) is 8.65. The van der Waals surface area contributed by atoms with Crippen LogP contribution in [0.3, 0.4) is 0 Å². The monoisotopic (exact) mass is 221 g/mol. The molecule has 14 heavy (non-hydrogen) atoms. The summed E-state index contributed by atoms with van der Waals surface area (Å²) in [6.45, 7) is 2.07. The molecule has 4 nitrogen and oxygen atoms in total. The van der Waals surface area contributed by atoms with E-state index in [0.717, 1.165) is 12.8 Å². The SMILES string of the molecule is CCCCCCCC[Si](O)(O)OCN. The van der Waals surface area contributed by atoms with E-state index in [1.165, 1.54) is 25.7 Å². The summed E-state index contributed by atoms with van der Waals surface area (Å²) in [5.41, 5.74) is 5.08. The number of rotatable bonds is 9. The van der Waals surface area contributed by atoms with Gasteiger partial charge in [0.1, 0.15) is 0 Å². The maximum Gasteiger partial charge on any atom is 0.496 e. The standard InChI is InChI=1S/C9H23NO3Si/c1-2-3-4-5-6-7-8-14(11,12)13-9-10/h11-12H,2-10H2,1H3. The van der Waals surface area contributed by atoms with Crippen molar-refractivity contribution in [3.05, 3.63) is 0 Å². The van der Waals surface area contributed by atoms with Gasteiger partial charge in [-0.25, -0.2) is 0 Å². The fraction of sp³-hybridized carbons (Fsp3) is 1.00. The molecular formula is C9H23NO3Si. The Morgan fingerprint density at radius 3 is 2.21 bits per heavy atom. The van der Waals surface area contributed by atoms with E-state index >= 15 is 0 Å². The van der Waals surface area contributed by atoms with Crippen molar-refractivity contribution < 1.29 is 14.0 Å². The minimum Gasteiger partial charge on any atom is -0.390 e. The van der Waals surface area contributed by atoms with Gasteiger partial charge >= 0.3 is 8.80 Å². The molecule has 0 rings (SSSR count). The average molecular weight is 221 g/mol. The van der Waals surface area contributed by atoms with Crippen LogP contribution in [0.4, 0.5) is 0 Å². The molecule has 0 aromatic heterocycles. The van der Waals surface area contributed by atoms with Gasteiger partial charge in [0.2, 0.25) is 0 Å². The Bertz CT molecular complexity index is 133. The van der Waals surface area contributed by atoms with Gasteiger partial charge in [-0.1, -0.05) is 39.0 Å². The Labute approximate surface area is 87.5 Å². The van der Waals surface area contributed by atoms with E-state index in [4.69, 9.17) is 5.73 Å². The Morgan fingerprint density at radius 1 is 1.07 bits per heavy atom. The highest BCUT2D eigenvalue weighted by atomic mass is 28.4. The van der Waals surface area contributed by atoms with Crippen LogP contribution in [0.25, 0.3) is 0 Å². The Kier molecular flexibility index (Phi) is 8.41. The van der Waals surface area contributed by atoms with Crippen LogP contribution in [0.1, 0.15) is 45.4 Å². The fourth-order valence-electron chi connectivity index (χ4n) is 1.34. The summed E-state index contributed by atoms with van der Waals surface area (Å²) in [7, 11) is -3.40. The lowest BCUT2D eigenvalue weighted by Crippen LogP contribution is -2.40. The van der Waals surface area contributed by atoms with Crippen molar-refractivity contribution >= 4 is 8.80 Å². The van der Waals surface area contributed by atoms with Crippen LogP contribution in [-0.4, -0.2) is 25.1 Å². The highest BCUT2D eigenvalue weighted by molar-refractivity contribution is 6.57. The second-order valence-corrected chi connectivity index (χ2v) is 5.85. The predicted octanol–water partition coefficient (Wildman–Crippen LogP) is 1.20. The summed E-state index contributed by atoms with van der Waals surface area (Å²) < 4.78 is 4.68. The van der Waals surface area contributed by atoms with Crippen LogP contribution >= 0.6 is 0 Å². The topological polar surface area (TPSA) is 75.7 Å². The zero-order valence-electron chi connectivity index (χ0n) is 9.04. The maximum absolute atomic E-state index is 9.31. The van der Waals surface area contributed by atoms with Crippen LogP contribution < -0.4 is 5.73 Å². The largest absolute Gasteiger partial charge is 0.496 e. The highest BCUT2D eigenvalue weighted by Crippen LogP contribution is 2.12. The Hall–Kier alpha value is 0.0569. The van der Waals surface area contributed by atoms with Gasteiger partial charge in [-0.2, -0.15) is 0 Å². The van der Waals surface area contributed by atoms with Gasteiger partial charge in [-0.05, 0) is 6.42 Å². The minimum absolute atomic E-state index is 0.102. The van der Waals surface area contributed by atoms with Gasteiger partial charge in [-0.3, -0.25) is 0 Å². The van der Waals surface area contributed by atoms with Gasteiger partial charge in [0.15, 0.2) is 0 Å². The summed E-state index contributed by atoms with van der Waals surface area (Å²) in [4.78, 5) is 18.6. The molecule has 0 saturated carbocycles. The van der Waals surface area contributed by atoms with E-state index in [1.807, 2.05) is 0 Å². The first-order valence-corrected chi connectivity index (χ1v) is 7.42. The molecule has 5 heteroatoms. The van der Waals surface area contributed by atoms with Crippen LogP contribution in [0.5, 0.6) is 0 Å². The lowest BCUT2D eigenvalue weighted by Gasteiger charge is -2.15. The van der Waals surface area contributed by atoms with Crippen LogP contribution in [0, 0.1) is 0 Å². The first kappa shape index (κ1) is 14.1. The summed E-state index contributed by atoms with van der Waals surface area (Å²) in [6.07, 6.45) is 6.77. The summed E-state index contributed by atoms with van der Waals surface area (Å²) in [5, 5.41) is 0. The van der Waals surface area contributed by atoms with E-state index in [0.29, 0.717) is 6.04 Å². The third-order valence-corrected chi connectivity index (χ3v) is 3.80. The molecule has 0 aliphatic heterocycles. The molecule has 0 fully saturated rings. The van der Waals surface area contributed by atoms with E-state index in [2.05, 4.69) is 11.3 Å². The Balaban J connectivity index is 3.26. The van der Waals surface area contributed by atoms with E-state index in [1.54, 1.807) is 0 Å². The molecule has 86 valence electrons. The van der Waals surface area contributed by atoms with E-state index in [9.17, 15) is 9.59 Å². The number of hydrogen-bond donors (Lipinski definition) is 3. The minimum atomic E-state index is -3.40. The average Bonchev–Trinajstić information content (AvgIpc) is 2.11. The summed E-state index contributed by atoms with van der Waals surface area (Å²) in [6, 6.07) is 0.371. The molecule has 0 aromatic rings. The van der Waals surface area contributed by atoms with E-state index in [-0.39, 0.29) is 6.73 Å². The first-order chi connectivity index (χ1) is 6.62. The van der Waals surface area contributed by atoms with Crippen LogP contribution in [0.2, 0.25) is 6.04 Å². The zero-order valence-corrected chi connectivity index (χ0v) is 10.0. The second kappa shape index (κ2) is 8.37. The van der Waals surface area contributed by atoms with Gasteiger partial charge in [-0.15, -0.1) is 0 Å². The van der Waals surface area contributed by atoms with Gasteiger partial charge in [0.25, 0.3) is 0 Å². The van der Waals surface area contributed by atoms with Gasteiger partial charge < -0.3 is 19.8 Å². The molecule has 0 saturated heterocycles. The predicted molar refractivity (Wildman–Crippen MR) is 58.5 cm³/mol. The molecule has 0 atom stereocenters. The smallest absolute Gasteiger partial charge is 0.390 e. The molecule has 0 aliphatic carbocycles. The second-order valence-electron chi connectivity index (χ2n) is 3.57. The molecule has 0 bridgehead atoms. The number of unbranched alkanes of at least 4 members (excludes halogenated alkanes) is 5. The highest BCUT2D eigenvalue weighted by Gasteiger charge is 2.30. The van der Waals surface area contributed by atoms with Crippen LogP contribution in [-0.2, 0) is 4.43 Å². The first-order valence-electron chi connectivity index (χ1n) is 5.41. The van der Waals surface area contributed by atoms with Gasteiger partial charge in [0.05, 0.1) is 6.73 Å². The molecule has 0 heterocycles. The molecule has 0 aliphatic rings. The van der Waals surface area contributed by atoms with Crippen molar-refractivity contribution in [3.8, 4) is 0 Å². The number of nitrogens with two attached hydrogens (primary N) is 1. The van der Waals surface area contributed by atoms with Crippen molar-refractivity contribution in [2.75, 3.05) is 6.73 Å². The van der Waals surface area contributed by atoms with Crippen LogP contribution in [0.15, 0.2) is 0 Å². The number of hydrogen-bond acceptors (Lipinski definition) is 4. The summed E-state index contributed by atoms with van der Waals surface area (Å²) >= 11 is 0. The van der Waals surface area contributed by atoms with Gasteiger partial charge in [0, 0.05) is 6.04 Å². The molecule has 0 aromatic carbocycles. The fourth-order valence-corrected chi connectivity index (χ4v) is 2.46. The third-order valence-electron chi connectivity index (χ3n) is 2.17. The normalized spacial score (nSPS) is 12.0.